The smallest absolute Gasteiger partial charge is 0.313 e. The van der Waals surface area contributed by atoms with E-state index in [4.69, 9.17) is 4.74 Å². The normalized spacial score (nSPS) is 9.96. The van der Waals surface area contributed by atoms with Gasteiger partial charge in [-0.1, -0.05) is 42.5 Å². The monoisotopic (exact) mass is 312 g/mol. The Balaban J connectivity index is 1.84. The summed E-state index contributed by atoms with van der Waals surface area (Å²) >= 11 is 0. The van der Waals surface area contributed by atoms with Crippen molar-refractivity contribution in [2.45, 2.75) is 13.3 Å². The number of ether oxygens (including phenoxy) is 1. The van der Waals surface area contributed by atoms with E-state index in [2.05, 4.69) is 10.6 Å². The van der Waals surface area contributed by atoms with Crippen molar-refractivity contribution in [3.8, 4) is 5.75 Å². The standard InChI is InChI=1S/C18H20N2O3/c1-2-23-16-11-7-6-10-15(16)20-18(22)17(21)19-13-12-14-8-4-3-5-9-14/h3-11H,2,12-13H2,1H3,(H,19,21)(H,20,22). The van der Waals surface area contributed by atoms with Gasteiger partial charge >= 0.3 is 11.8 Å². The fraction of sp³-hybridized carbons (Fsp3) is 0.222. The Kier molecular flexibility index (Phi) is 6.17. The lowest BCUT2D eigenvalue weighted by Gasteiger charge is -2.11. The minimum Gasteiger partial charge on any atom is -0.492 e. The molecule has 0 saturated carbocycles. The molecule has 0 aromatic heterocycles. The Labute approximate surface area is 135 Å². The number of rotatable bonds is 6. The zero-order valence-electron chi connectivity index (χ0n) is 13.0. The number of hydrogen-bond acceptors (Lipinski definition) is 3. The molecule has 0 unspecified atom stereocenters. The van der Waals surface area contributed by atoms with Gasteiger partial charge in [0.2, 0.25) is 0 Å². The topological polar surface area (TPSA) is 67.4 Å². The summed E-state index contributed by atoms with van der Waals surface area (Å²) < 4.78 is 5.41. The molecule has 0 aliphatic rings. The van der Waals surface area contributed by atoms with Crippen molar-refractivity contribution >= 4 is 17.5 Å². The van der Waals surface area contributed by atoms with Crippen LogP contribution >= 0.6 is 0 Å². The van der Waals surface area contributed by atoms with E-state index in [-0.39, 0.29) is 0 Å². The Morgan fingerprint density at radius 1 is 0.957 bits per heavy atom. The molecule has 0 heterocycles. The van der Waals surface area contributed by atoms with Gasteiger partial charge in [0.1, 0.15) is 5.75 Å². The lowest BCUT2D eigenvalue weighted by molar-refractivity contribution is -0.136. The molecule has 2 aromatic carbocycles. The zero-order valence-corrected chi connectivity index (χ0v) is 13.0. The maximum Gasteiger partial charge on any atom is 0.313 e. The van der Waals surface area contributed by atoms with Gasteiger partial charge in [0.25, 0.3) is 0 Å². The van der Waals surface area contributed by atoms with E-state index >= 15 is 0 Å². The second-order valence-corrected chi connectivity index (χ2v) is 4.87. The van der Waals surface area contributed by atoms with Crippen molar-refractivity contribution in [1.82, 2.24) is 5.32 Å². The maximum atomic E-state index is 11.9. The van der Waals surface area contributed by atoms with Crippen LogP contribution in [0.25, 0.3) is 0 Å². The minimum absolute atomic E-state index is 0.406. The molecule has 23 heavy (non-hydrogen) atoms. The van der Waals surface area contributed by atoms with Crippen molar-refractivity contribution in [3.05, 3.63) is 60.2 Å². The Morgan fingerprint density at radius 3 is 2.39 bits per heavy atom. The van der Waals surface area contributed by atoms with Gasteiger partial charge in [-0.25, -0.2) is 0 Å². The highest BCUT2D eigenvalue weighted by Gasteiger charge is 2.15. The van der Waals surface area contributed by atoms with E-state index in [1.807, 2.05) is 37.3 Å². The highest BCUT2D eigenvalue weighted by molar-refractivity contribution is 6.39. The van der Waals surface area contributed by atoms with Crippen LogP contribution in [0.4, 0.5) is 5.69 Å². The van der Waals surface area contributed by atoms with Crippen LogP contribution in [-0.4, -0.2) is 25.0 Å². The van der Waals surface area contributed by atoms with Gasteiger partial charge in [0.15, 0.2) is 0 Å². The van der Waals surface area contributed by atoms with E-state index < -0.39 is 11.8 Å². The van der Waals surface area contributed by atoms with E-state index in [1.165, 1.54) is 0 Å². The summed E-state index contributed by atoms with van der Waals surface area (Å²) in [6.45, 7) is 2.74. The second-order valence-electron chi connectivity index (χ2n) is 4.87. The van der Waals surface area contributed by atoms with Crippen LogP contribution in [0.2, 0.25) is 0 Å². The fourth-order valence-corrected chi connectivity index (χ4v) is 2.08. The van der Waals surface area contributed by atoms with E-state index in [0.29, 0.717) is 31.0 Å². The third-order valence-corrected chi connectivity index (χ3v) is 3.18. The number of amides is 2. The molecular formula is C18H20N2O3. The third kappa shape index (κ3) is 5.14. The van der Waals surface area contributed by atoms with Gasteiger partial charge in [-0.05, 0) is 31.0 Å². The molecule has 0 spiro atoms. The maximum absolute atomic E-state index is 11.9. The number of hydrogen-bond donors (Lipinski definition) is 2. The molecule has 5 nitrogen and oxygen atoms in total. The second kappa shape index (κ2) is 8.58. The molecule has 2 rings (SSSR count). The molecule has 0 atom stereocenters. The molecule has 5 heteroatoms. The SMILES string of the molecule is CCOc1ccccc1NC(=O)C(=O)NCCc1ccccc1. The predicted octanol–water partition coefficient (Wildman–Crippen LogP) is 2.38. The molecule has 0 fully saturated rings. The largest absolute Gasteiger partial charge is 0.492 e. The van der Waals surface area contributed by atoms with Crippen LogP contribution in [0.15, 0.2) is 54.6 Å². The predicted molar refractivity (Wildman–Crippen MR) is 89.4 cm³/mol. The van der Waals surface area contributed by atoms with Gasteiger partial charge in [-0.15, -0.1) is 0 Å². The molecular weight excluding hydrogens is 292 g/mol. The van der Waals surface area contributed by atoms with Crippen LogP contribution < -0.4 is 15.4 Å². The Hall–Kier alpha value is -2.82. The first-order valence-electron chi connectivity index (χ1n) is 7.55. The zero-order chi connectivity index (χ0) is 16.5. The van der Waals surface area contributed by atoms with Gasteiger partial charge in [-0.3, -0.25) is 9.59 Å². The Morgan fingerprint density at radius 2 is 1.65 bits per heavy atom. The summed E-state index contributed by atoms with van der Waals surface area (Å²) in [6, 6.07) is 16.8. The number of benzene rings is 2. The van der Waals surface area contributed by atoms with Crippen LogP contribution in [0, 0.1) is 0 Å². The summed E-state index contributed by atoms with van der Waals surface area (Å²) in [5.74, 6) is -0.821. The van der Waals surface area contributed by atoms with Crippen LogP contribution in [-0.2, 0) is 16.0 Å². The minimum atomic E-state index is -0.704. The lowest BCUT2D eigenvalue weighted by Crippen LogP contribution is -2.36. The summed E-state index contributed by atoms with van der Waals surface area (Å²) in [4.78, 5) is 23.8. The van der Waals surface area contributed by atoms with E-state index in [0.717, 1.165) is 5.56 Å². The molecule has 2 aromatic rings. The van der Waals surface area contributed by atoms with Crippen molar-refractivity contribution in [2.75, 3.05) is 18.5 Å². The molecule has 0 aliphatic heterocycles. The number of para-hydroxylation sites is 2. The number of carbonyl (C=O) groups excluding carboxylic acids is 2. The summed E-state index contributed by atoms with van der Waals surface area (Å²) in [6.07, 6.45) is 0.676. The lowest BCUT2D eigenvalue weighted by atomic mass is 10.1. The first-order chi connectivity index (χ1) is 11.2. The molecule has 2 N–H and O–H groups in total. The van der Waals surface area contributed by atoms with Gasteiger partial charge in [0.05, 0.1) is 12.3 Å². The van der Waals surface area contributed by atoms with Crippen LogP contribution in [0.5, 0.6) is 5.75 Å². The first-order valence-corrected chi connectivity index (χ1v) is 7.55. The first kappa shape index (κ1) is 16.5. The molecule has 0 radical (unpaired) electrons. The van der Waals surface area contributed by atoms with Crippen molar-refractivity contribution < 1.29 is 14.3 Å². The van der Waals surface area contributed by atoms with Crippen molar-refractivity contribution in [3.63, 3.8) is 0 Å². The average Bonchev–Trinajstić information content (AvgIpc) is 2.57. The number of carbonyl (C=O) groups is 2. The highest BCUT2D eigenvalue weighted by atomic mass is 16.5. The Bertz CT molecular complexity index is 656. The van der Waals surface area contributed by atoms with Crippen LogP contribution in [0.1, 0.15) is 12.5 Å². The van der Waals surface area contributed by atoms with Gasteiger partial charge in [0, 0.05) is 6.54 Å². The highest BCUT2D eigenvalue weighted by Crippen LogP contribution is 2.23. The fourth-order valence-electron chi connectivity index (χ4n) is 2.08. The molecule has 0 aliphatic carbocycles. The van der Waals surface area contributed by atoms with Crippen molar-refractivity contribution in [1.29, 1.82) is 0 Å². The van der Waals surface area contributed by atoms with E-state index in [9.17, 15) is 9.59 Å². The summed E-state index contributed by atoms with van der Waals surface area (Å²) in [7, 11) is 0. The van der Waals surface area contributed by atoms with Gasteiger partial charge < -0.3 is 15.4 Å². The summed E-state index contributed by atoms with van der Waals surface area (Å²) in [5.41, 5.74) is 1.59. The number of nitrogens with one attached hydrogen (secondary N) is 2. The van der Waals surface area contributed by atoms with Crippen LogP contribution in [0.3, 0.4) is 0 Å². The molecule has 0 saturated heterocycles. The van der Waals surface area contributed by atoms with Crippen molar-refractivity contribution in [2.24, 2.45) is 0 Å². The van der Waals surface area contributed by atoms with E-state index in [1.54, 1.807) is 24.3 Å². The average molecular weight is 312 g/mol. The molecule has 0 bridgehead atoms. The molecule has 120 valence electrons. The quantitative estimate of drug-likeness (QED) is 0.805. The molecule has 2 amide bonds. The number of anilines is 1. The summed E-state index contributed by atoms with van der Waals surface area (Å²) in [5, 5.41) is 5.18. The third-order valence-electron chi connectivity index (χ3n) is 3.18. The van der Waals surface area contributed by atoms with Gasteiger partial charge in [-0.2, -0.15) is 0 Å².